The molecule has 0 bridgehead atoms. The molecule has 0 amide bonds. The number of para-hydroxylation sites is 1. The minimum absolute atomic E-state index is 0.404. The van der Waals surface area contributed by atoms with E-state index in [1.54, 1.807) is 0 Å². The second kappa shape index (κ2) is 5.57. The van der Waals surface area contributed by atoms with Gasteiger partial charge >= 0.3 is 0 Å². The van der Waals surface area contributed by atoms with Crippen molar-refractivity contribution < 1.29 is 4.74 Å². The molecule has 1 saturated carbocycles. The first-order valence-corrected chi connectivity index (χ1v) is 6.88. The minimum atomic E-state index is 0.404. The molecule has 2 rings (SSSR count). The summed E-state index contributed by atoms with van der Waals surface area (Å²) in [6, 6.07) is 10.3. The highest BCUT2D eigenvalue weighted by Gasteiger charge is 2.32. The van der Waals surface area contributed by atoms with E-state index in [0.29, 0.717) is 12.0 Å². The molecule has 1 nitrogen and oxygen atoms in total. The van der Waals surface area contributed by atoms with E-state index in [0.717, 1.165) is 17.6 Å². The lowest BCUT2D eigenvalue weighted by molar-refractivity contribution is 0.0460. The van der Waals surface area contributed by atoms with Crippen molar-refractivity contribution in [2.45, 2.75) is 46.1 Å². The summed E-state index contributed by atoms with van der Waals surface area (Å²) in [7, 11) is 0. The zero-order valence-electron chi connectivity index (χ0n) is 11.2. The molecule has 0 aliphatic heterocycles. The fourth-order valence-corrected chi connectivity index (χ4v) is 2.92. The molecule has 1 aromatic carbocycles. The third-order valence-electron chi connectivity index (χ3n) is 3.99. The van der Waals surface area contributed by atoms with Crippen LogP contribution in [0.1, 0.15) is 40.0 Å². The summed E-state index contributed by atoms with van der Waals surface area (Å²) in [4.78, 5) is 0. The summed E-state index contributed by atoms with van der Waals surface area (Å²) in [6.45, 7) is 6.99. The Bertz CT molecular complexity index is 331. The molecule has 0 spiro atoms. The van der Waals surface area contributed by atoms with Gasteiger partial charge < -0.3 is 4.74 Å². The molecule has 1 aromatic rings. The maximum Gasteiger partial charge on any atom is 0.119 e. The molecule has 0 aromatic heterocycles. The van der Waals surface area contributed by atoms with Gasteiger partial charge in [-0.2, -0.15) is 0 Å². The first kappa shape index (κ1) is 12.5. The van der Waals surface area contributed by atoms with Crippen LogP contribution in [0, 0.1) is 17.8 Å². The standard InChI is InChI=1S/C16H24O/c1-12(2)15-10-9-13(3)11-16(15)17-14-7-5-4-6-8-14/h4-8,12-13,15-16H,9-11H2,1-3H3/t13-,15+,16-/m1/s1. The van der Waals surface area contributed by atoms with E-state index in [2.05, 4.69) is 32.9 Å². The van der Waals surface area contributed by atoms with Crippen LogP contribution in [0.25, 0.3) is 0 Å². The Balaban J connectivity index is 2.05. The number of benzene rings is 1. The van der Waals surface area contributed by atoms with Gasteiger partial charge in [0.1, 0.15) is 11.9 Å². The van der Waals surface area contributed by atoms with Crippen molar-refractivity contribution in [2.75, 3.05) is 0 Å². The van der Waals surface area contributed by atoms with Gasteiger partial charge in [-0.3, -0.25) is 0 Å². The van der Waals surface area contributed by atoms with Crippen molar-refractivity contribution in [3.63, 3.8) is 0 Å². The van der Waals surface area contributed by atoms with Gasteiger partial charge in [-0.15, -0.1) is 0 Å². The molecular weight excluding hydrogens is 208 g/mol. The summed E-state index contributed by atoms with van der Waals surface area (Å²) in [5, 5.41) is 0. The molecule has 1 fully saturated rings. The lowest BCUT2D eigenvalue weighted by Crippen LogP contribution is -2.36. The summed E-state index contributed by atoms with van der Waals surface area (Å²) < 4.78 is 6.20. The fourth-order valence-electron chi connectivity index (χ4n) is 2.92. The molecule has 0 radical (unpaired) electrons. The maximum absolute atomic E-state index is 6.20. The molecule has 1 aliphatic carbocycles. The van der Waals surface area contributed by atoms with E-state index in [1.807, 2.05) is 18.2 Å². The van der Waals surface area contributed by atoms with E-state index in [4.69, 9.17) is 4.74 Å². The number of rotatable bonds is 3. The van der Waals surface area contributed by atoms with Crippen LogP contribution in [-0.4, -0.2) is 6.10 Å². The molecule has 0 saturated heterocycles. The van der Waals surface area contributed by atoms with Crippen LogP contribution in [-0.2, 0) is 0 Å². The molecule has 1 aliphatic rings. The highest BCUT2D eigenvalue weighted by atomic mass is 16.5. The second-order valence-electron chi connectivity index (χ2n) is 5.80. The molecular formula is C16H24O. The predicted octanol–water partition coefficient (Wildman–Crippen LogP) is 4.53. The Morgan fingerprint density at radius 3 is 2.47 bits per heavy atom. The zero-order chi connectivity index (χ0) is 12.3. The van der Waals surface area contributed by atoms with E-state index in [-0.39, 0.29) is 0 Å². The first-order valence-electron chi connectivity index (χ1n) is 6.88. The topological polar surface area (TPSA) is 9.23 Å². The van der Waals surface area contributed by atoms with Gasteiger partial charge in [0.2, 0.25) is 0 Å². The van der Waals surface area contributed by atoms with Gasteiger partial charge in [-0.25, -0.2) is 0 Å². The third kappa shape index (κ3) is 3.24. The van der Waals surface area contributed by atoms with E-state index in [9.17, 15) is 0 Å². The Hall–Kier alpha value is -0.980. The Morgan fingerprint density at radius 2 is 1.82 bits per heavy atom. The lowest BCUT2D eigenvalue weighted by Gasteiger charge is -2.37. The molecule has 0 N–H and O–H groups in total. The van der Waals surface area contributed by atoms with Gasteiger partial charge in [-0.1, -0.05) is 45.4 Å². The van der Waals surface area contributed by atoms with Gasteiger partial charge in [0.15, 0.2) is 0 Å². The highest BCUT2D eigenvalue weighted by Crippen LogP contribution is 2.35. The van der Waals surface area contributed by atoms with Crippen molar-refractivity contribution in [3.05, 3.63) is 30.3 Å². The molecule has 17 heavy (non-hydrogen) atoms. The second-order valence-corrected chi connectivity index (χ2v) is 5.80. The summed E-state index contributed by atoms with van der Waals surface area (Å²) in [6.07, 6.45) is 4.28. The van der Waals surface area contributed by atoms with E-state index >= 15 is 0 Å². The largest absolute Gasteiger partial charge is 0.490 e. The fraction of sp³-hybridized carbons (Fsp3) is 0.625. The third-order valence-corrected chi connectivity index (χ3v) is 3.99. The normalized spacial score (nSPS) is 29.3. The van der Waals surface area contributed by atoms with Gasteiger partial charge in [0.25, 0.3) is 0 Å². The lowest BCUT2D eigenvalue weighted by atomic mass is 9.75. The molecule has 94 valence electrons. The number of hydrogen-bond acceptors (Lipinski definition) is 1. The minimum Gasteiger partial charge on any atom is -0.490 e. The van der Waals surface area contributed by atoms with Crippen molar-refractivity contribution in [3.8, 4) is 5.75 Å². The average Bonchev–Trinajstić information content (AvgIpc) is 2.30. The van der Waals surface area contributed by atoms with Gasteiger partial charge in [0, 0.05) is 0 Å². The van der Waals surface area contributed by atoms with Crippen LogP contribution in [0.5, 0.6) is 5.75 Å². The predicted molar refractivity (Wildman–Crippen MR) is 72.2 cm³/mol. The molecule has 3 atom stereocenters. The van der Waals surface area contributed by atoms with E-state index in [1.165, 1.54) is 19.3 Å². The van der Waals surface area contributed by atoms with Crippen LogP contribution >= 0.6 is 0 Å². The quantitative estimate of drug-likeness (QED) is 0.744. The van der Waals surface area contributed by atoms with Crippen LogP contribution in [0.3, 0.4) is 0 Å². The zero-order valence-corrected chi connectivity index (χ0v) is 11.2. The van der Waals surface area contributed by atoms with Crippen LogP contribution in [0.15, 0.2) is 30.3 Å². The monoisotopic (exact) mass is 232 g/mol. The summed E-state index contributed by atoms with van der Waals surface area (Å²) in [5.41, 5.74) is 0. The molecule has 0 unspecified atom stereocenters. The Kier molecular flexibility index (Phi) is 4.09. The highest BCUT2D eigenvalue weighted by molar-refractivity contribution is 5.21. The first-order chi connectivity index (χ1) is 8.16. The average molecular weight is 232 g/mol. The smallest absolute Gasteiger partial charge is 0.119 e. The van der Waals surface area contributed by atoms with Crippen molar-refractivity contribution in [1.82, 2.24) is 0 Å². The Morgan fingerprint density at radius 1 is 1.12 bits per heavy atom. The van der Waals surface area contributed by atoms with Crippen molar-refractivity contribution >= 4 is 0 Å². The SMILES string of the molecule is CC(C)[C@@H]1CC[C@@H](C)C[C@H]1Oc1ccccc1. The van der Waals surface area contributed by atoms with Crippen molar-refractivity contribution in [1.29, 1.82) is 0 Å². The Labute approximate surface area is 105 Å². The number of ether oxygens (including phenoxy) is 1. The molecule has 0 heterocycles. The maximum atomic E-state index is 6.20. The molecule has 1 heteroatoms. The van der Waals surface area contributed by atoms with Crippen molar-refractivity contribution in [2.24, 2.45) is 17.8 Å². The van der Waals surface area contributed by atoms with E-state index < -0.39 is 0 Å². The number of hydrogen-bond donors (Lipinski definition) is 0. The van der Waals surface area contributed by atoms with Gasteiger partial charge in [-0.05, 0) is 42.7 Å². The summed E-state index contributed by atoms with van der Waals surface area (Å²) in [5.74, 6) is 3.26. The van der Waals surface area contributed by atoms with Crippen LogP contribution < -0.4 is 4.74 Å². The van der Waals surface area contributed by atoms with Crippen LogP contribution in [0.2, 0.25) is 0 Å². The van der Waals surface area contributed by atoms with Crippen LogP contribution in [0.4, 0.5) is 0 Å². The van der Waals surface area contributed by atoms with Gasteiger partial charge in [0.05, 0.1) is 0 Å². The summed E-state index contributed by atoms with van der Waals surface area (Å²) >= 11 is 0.